The van der Waals surface area contributed by atoms with E-state index in [1.54, 1.807) is 0 Å². The fourth-order valence-electron chi connectivity index (χ4n) is 1.75. The highest BCUT2D eigenvalue weighted by Crippen LogP contribution is 2.43. The van der Waals surface area contributed by atoms with Gasteiger partial charge in [0.15, 0.2) is 5.82 Å². The minimum atomic E-state index is 0.173. The highest BCUT2D eigenvalue weighted by Gasteiger charge is 2.43. The van der Waals surface area contributed by atoms with Crippen molar-refractivity contribution >= 4 is 0 Å². The van der Waals surface area contributed by atoms with Gasteiger partial charge in [0.1, 0.15) is 0 Å². The van der Waals surface area contributed by atoms with E-state index in [-0.39, 0.29) is 11.6 Å². The molecule has 1 aromatic rings. The quantitative estimate of drug-likeness (QED) is 0.821. The zero-order chi connectivity index (χ0) is 11.8. The molecule has 1 N–H and O–H groups in total. The summed E-state index contributed by atoms with van der Waals surface area (Å²) in [6.45, 7) is 9.72. The fourth-order valence-corrected chi connectivity index (χ4v) is 1.75. The molecule has 0 saturated heterocycles. The Labute approximate surface area is 96.6 Å². The van der Waals surface area contributed by atoms with E-state index in [1.165, 1.54) is 12.8 Å². The van der Waals surface area contributed by atoms with Crippen molar-refractivity contribution in [3.63, 3.8) is 0 Å². The SMILES string of the molecule is CC(C)CNC(C)c1nnnn1C1(C)CC1. The number of hydrogen-bond acceptors (Lipinski definition) is 4. The summed E-state index contributed by atoms with van der Waals surface area (Å²) in [4.78, 5) is 0. The van der Waals surface area contributed by atoms with Crippen molar-refractivity contribution in [2.45, 2.75) is 52.1 Å². The van der Waals surface area contributed by atoms with Gasteiger partial charge in [-0.05, 0) is 49.6 Å². The topological polar surface area (TPSA) is 55.6 Å². The molecule has 1 heterocycles. The summed E-state index contributed by atoms with van der Waals surface area (Å²) < 4.78 is 1.99. The van der Waals surface area contributed by atoms with E-state index in [1.807, 2.05) is 4.68 Å². The van der Waals surface area contributed by atoms with Gasteiger partial charge < -0.3 is 5.32 Å². The molecule has 2 rings (SSSR count). The predicted octanol–water partition coefficient (Wildman–Crippen LogP) is 1.49. The molecule has 0 aromatic carbocycles. The van der Waals surface area contributed by atoms with Gasteiger partial charge in [0.25, 0.3) is 0 Å². The van der Waals surface area contributed by atoms with Gasteiger partial charge in [0.2, 0.25) is 0 Å². The molecule has 0 amide bonds. The Morgan fingerprint density at radius 2 is 2.06 bits per heavy atom. The number of hydrogen-bond donors (Lipinski definition) is 1. The van der Waals surface area contributed by atoms with Crippen LogP contribution in [0.25, 0.3) is 0 Å². The molecule has 5 nitrogen and oxygen atoms in total. The van der Waals surface area contributed by atoms with Gasteiger partial charge in [-0.3, -0.25) is 0 Å². The van der Waals surface area contributed by atoms with Crippen molar-refractivity contribution in [1.29, 1.82) is 0 Å². The second-order valence-electron chi connectivity index (χ2n) is 5.47. The number of nitrogens with zero attached hydrogens (tertiary/aromatic N) is 4. The third-order valence-electron chi connectivity index (χ3n) is 3.20. The summed E-state index contributed by atoms with van der Waals surface area (Å²) in [5.41, 5.74) is 0.173. The molecule has 1 aromatic heterocycles. The minimum Gasteiger partial charge on any atom is -0.307 e. The second-order valence-corrected chi connectivity index (χ2v) is 5.47. The maximum atomic E-state index is 4.14. The van der Waals surface area contributed by atoms with E-state index < -0.39 is 0 Å². The Bertz CT molecular complexity index is 353. The van der Waals surface area contributed by atoms with Gasteiger partial charge in [0.05, 0.1) is 11.6 Å². The predicted molar refractivity (Wildman–Crippen MR) is 62.0 cm³/mol. The largest absolute Gasteiger partial charge is 0.307 e. The average molecular weight is 223 g/mol. The van der Waals surface area contributed by atoms with E-state index in [0.717, 1.165) is 12.4 Å². The Balaban J connectivity index is 2.05. The first-order valence-electron chi connectivity index (χ1n) is 6.05. The standard InChI is InChI=1S/C11H21N5/c1-8(2)7-12-9(3)10-13-14-15-16(10)11(4)5-6-11/h8-9,12H,5-7H2,1-4H3. The van der Waals surface area contributed by atoms with Gasteiger partial charge in [-0.25, -0.2) is 4.68 Å². The van der Waals surface area contributed by atoms with Crippen molar-refractivity contribution in [3.8, 4) is 0 Å². The molecule has 0 aliphatic heterocycles. The Kier molecular flexibility index (Phi) is 2.97. The lowest BCUT2D eigenvalue weighted by Crippen LogP contribution is -2.28. The second kappa shape index (κ2) is 4.13. The molecule has 1 aliphatic rings. The van der Waals surface area contributed by atoms with E-state index in [2.05, 4.69) is 48.5 Å². The fraction of sp³-hybridized carbons (Fsp3) is 0.909. The summed E-state index contributed by atoms with van der Waals surface area (Å²) >= 11 is 0. The Hall–Kier alpha value is -0.970. The number of rotatable bonds is 5. The van der Waals surface area contributed by atoms with Crippen molar-refractivity contribution < 1.29 is 0 Å². The Morgan fingerprint density at radius 3 is 2.62 bits per heavy atom. The first-order chi connectivity index (χ1) is 7.53. The molecule has 0 bridgehead atoms. The molecule has 1 unspecified atom stereocenters. The zero-order valence-electron chi connectivity index (χ0n) is 10.6. The van der Waals surface area contributed by atoms with Gasteiger partial charge in [-0.15, -0.1) is 5.10 Å². The molecule has 0 radical (unpaired) electrons. The lowest BCUT2D eigenvalue weighted by atomic mass is 10.2. The van der Waals surface area contributed by atoms with Crippen LogP contribution in [0, 0.1) is 5.92 Å². The molecule has 0 spiro atoms. The molecule has 90 valence electrons. The van der Waals surface area contributed by atoms with E-state index >= 15 is 0 Å². The first kappa shape index (κ1) is 11.5. The molecule has 1 atom stereocenters. The molecule has 5 heteroatoms. The first-order valence-corrected chi connectivity index (χ1v) is 6.05. The third kappa shape index (κ3) is 2.24. The van der Waals surface area contributed by atoms with Crippen LogP contribution in [0.4, 0.5) is 0 Å². The molecule has 16 heavy (non-hydrogen) atoms. The van der Waals surface area contributed by atoms with Crippen LogP contribution in [0.3, 0.4) is 0 Å². The van der Waals surface area contributed by atoms with Crippen LogP contribution in [0.15, 0.2) is 0 Å². The van der Waals surface area contributed by atoms with Gasteiger partial charge in [0, 0.05) is 0 Å². The van der Waals surface area contributed by atoms with E-state index in [4.69, 9.17) is 0 Å². The third-order valence-corrected chi connectivity index (χ3v) is 3.20. The minimum absolute atomic E-state index is 0.173. The van der Waals surface area contributed by atoms with Crippen LogP contribution in [0.1, 0.15) is 52.4 Å². The number of aromatic nitrogens is 4. The van der Waals surface area contributed by atoms with Gasteiger partial charge in [-0.1, -0.05) is 13.8 Å². The lowest BCUT2D eigenvalue weighted by molar-refractivity contribution is 0.401. The maximum Gasteiger partial charge on any atom is 0.168 e. The van der Waals surface area contributed by atoms with Gasteiger partial charge >= 0.3 is 0 Å². The highest BCUT2D eigenvalue weighted by atomic mass is 15.6. The molecule has 1 saturated carbocycles. The van der Waals surface area contributed by atoms with Crippen molar-refractivity contribution in [3.05, 3.63) is 5.82 Å². The Morgan fingerprint density at radius 1 is 1.38 bits per heavy atom. The lowest BCUT2D eigenvalue weighted by Gasteiger charge is -2.17. The van der Waals surface area contributed by atoms with Crippen LogP contribution >= 0.6 is 0 Å². The molecular weight excluding hydrogens is 202 g/mol. The maximum absolute atomic E-state index is 4.14. The van der Waals surface area contributed by atoms with Crippen molar-refractivity contribution in [1.82, 2.24) is 25.5 Å². The number of tetrazole rings is 1. The molecule has 1 aliphatic carbocycles. The van der Waals surface area contributed by atoms with E-state index in [0.29, 0.717) is 5.92 Å². The smallest absolute Gasteiger partial charge is 0.168 e. The summed E-state index contributed by atoms with van der Waals surface area (Å²) in [7, 11) is 0. The van der Waals surface area contributed by atoms with Crippen LogP contribution in [-0.2, 0) is 5.54 Å². The van der Waals surface area contributed by atoms with E-state index in [9.17, 15) is 0 Å². The molecular formula is C11H21N5. The van der Waals surface area contributed by atoms with Crippen LogP contribution in [-0.4, -0.2) is 26.8 Å². The summed E-state index contributed by atoms with van der Waals surface area (Å²) in [6, 6.07) is 0.217. The van der Waals surface area contributed by atoms with Gasteiger partial charge in [-0.2, -0.15) is 0 Å². The summed E-state index contributed by atoms with van der Waals surface area (Å²) in [5, 5.41) is 15.5. The van der Waals surface area contributed by atoms with Crippen molar-refractivity contribution in [2.24, 2.45) is 5.92 Å². The van der Waals surface area contributed by atoms with Crippen LogP contribution < -0.4 is 5.32 Å². The summed E-state index contributed by atoms with van der Waals surface area (Å²) in [6.07, 6.45) is 2.36. The summed E-state index contributed by atoms with van der Waals surface area (Å²) in [5.74, 6) is 1.60. The number of nitrogens with one attached hydrogen (secondary N) is 1. The monoisotopic (exact) mass is 223 g/mol. The van der Waals surface area contributed by atoms with Crippen LogP contribution in [0.5, 0.6) is 0 Å². The zero-order valence-corrected chi connectivity index (χ0v) is 10.6. The van der Waals surface area contributed by atoms with Crippen LogP contribution in [0.2, 0.25) is 0 Å². The van der Waals surface area contributed by atoms with Crippen molar-refractivity contribution in [2.75, 3.05) is 6.54 Å². The highest BCUT2D eigenvalue weighted by molar-refractivity contribution is 5.02. The average Bonchev–Trinajstić information content (AvgIpc) is 2.81. The molecule has 1 fully saturated rings. The normalized spacial score (nSPS) is 20.1.